The normalized spacial score (nSPS) is 27.4. The molecule has 0 saturated heterocycles. The van der Waals surface area contributed by atoms with E-state index in [4.69, 9.17) is 4.74 Å². The molecule has 1 amide bonds. The van der Waals surface area contributed by atoms with Gasteiger partial charge in [-0.1, -0.05) is 30.3 Å². The summed E-state index contributed by atoms with van der Waals surface area (Å²) in [7, 11) is 1.56. The lowest BCUT2D eigenvalue weighted by atomic mass is 9.92. The standard InChI is InChI=1S/C17H14N2O4/c1-23-11-8-6-10(7-9-11)14-15(19(21)22)17(14)12-4-2-3-5-13(12)18-16(17)20/h2-9,14-15H,1H3,(H,18,20)/t14-,15-,17+/m0/s1. The number of hydrogen-bond acceptors (Lipinski definition) is 4. The van der Waals surface area contributed by atoms with Gasteiger partial charge in [0.1, 0.15) is 5.75 Å². The Hall–Kier alpha value is -2.89. The van der Waals surface area contributed by atoms with Crippen molar-refractivity contribution < 1.29 is 14.5 Å². The van der Waals surface area contributed by atoms with Crippen LogP contribution in [0.1, 0.15) is 17.0 Å². The molecule has 3 atom stereocenters. The van der Waals surface area contributed by atoms with Crippen LogP contribution < -0.4 is 10.1 Å². The summed E-state index contributed by atoms with van der Waals surface area (Å²) in [5.74, 6) is -0.0781. The van der Waals surface area contributed by atoms with Crippen LogP contribution in [0, 0.1) is 10.1 Å². The van der Waals surface area contributed by atoms with Gasteiger partial charge in [0.25, 0.3) is 0 Å². The molecule has 4 rings (SSSR count). The van der Waals surface area contributed by atoms with E-state index in [2.05, 4.69) is 5.32 Å². The number of anilines is 1. The van der Waals surface area contributed by atoms with Crippen LogP contribution >= 0.6 is 0 Å². The number of nitrogens with zero attached hydrogens (tertiary/aromatic N) is 1. The zero-order valence-electron chi connectivity index (χ0n) is 12.4. The summed E-state index contributed by atoms with van der Waals surface area (Å²) in [6, 6.07) is 13.4. The van der Waals surface area contributed by atoms with Crippen LogP contribution in [0.3, 0.4) is 0 Å². The zero-order valence-corrected chi connectivity index (χ0v) is 12.4. The van der Waals surface area contributed by atoms with E-state index in [-0.39, 0.29) is 10.8 Å². The Morgan fingerprint density at radius 3 is 2.52 bits per heavy atom. The highest BCUT2D eigenvalue weighted by atomic mass is 16.6. The highest BCUT2D eigenvalue weighted by Crippen LogP contribution is 2.66. The second kappa shape index (κ2) is 4.55. The highest BCUT2D eigenvalue weighted by Gasteiger charge is 2.81. The molecule has 2 aromatic rings. The number of amides is 1. The molecule has 2 aromatic carbocycles. The fraction of sp³-hybridized carbons (Fsp3) is 0.235. The van der Waals surface area contributed by atoms with Gasteiger partial charge in [0.15, 0.2) is 5.41 Å². The van der Waals surface area contributed by atoms with E-state index in [1.165, 1.54) is 0 Å². The molecule has 6 heteroatoms. The van der Waals surface area contributed by atoms with Crippen LogP contribution in [0.4, 0.5) is 5.69 Å². The Morgan fingerprint density at radius 1 is 1.17 bits per heavy atom. The minimum atomic E-state index is -1.10. The predicted molar refractivity (Wildman–Crippen MR) is 83.3 cm³/mol. The van der Waals surface area contributed by atoms with Crippen molar-refractivity contribution in [2.24, 2.45) is 0 Å². The van der Waals surface area contributed by atoms with E-state index >= 15 is 0 Å². The third-order valence-corrected chi connectivity index (χ3v) is 4.86. The summed E-state index contributed by atoms with van der Waals surface area (Å²) in [5, 5.41) is 14.4. The molecule has 1 fully saturated rings. The minimum Gasteiger partial charge on any atom is -0.497 e. The molecule has 1 saturated carbocycles. The fourth-order valence-electron chi connectivity index (χ4n) is 3.82. The number of carbonyl (C=O) groups excluding carboxylic acids is 1. The molecule has 1 aliphatic heterocycles. The number of nitrogens with one attached hydrogen (secondary N) is 1. The molecule has 2 aliphatic rings. The number of methoxy groups -OCH3 is 1. The highest BCUT2D eigenvalue weighted by molar-refractivity contribution is 6.10. The van der Waals surface area contributed by atoms with E-state index in [1.54, 1.807) is 49.6 Å². The minimum absolute atomic E-state index is 0.291. The van der Waals surface area contributed by atoms with Gasteiger partial charge in [0.05, 0.1) is 13.0 Å². The van der Waals surface area contributed by atoms with Gasteiger partial charge in [-0.3, -0.25) is 14.9 Å². The third kappa shape index (κ3) is 1.66. The van der Waals surface area contributed by atoms with E-state index < -0.39 is 17.4 Å². The summed E-state index contributed by atoms with van der Waals surface area (Å²) in [5.41, 5.74) is 1.06. The first kappa shape index (κ1) is 13.8. The first-order chi connectivity index (χ1) is 11.1. The van der Waals surface area contributed by atoms with E-state index in [0.29, 0.717) is 17.0 Å². The van der Waals surface area contributed by atoms with Crippen molar-refractivity contribution in [2.75, 3.05) is 12.4 Å². The summed E-state index contributed by atoms with van der Waals surface area (Å²) in [6.45, 7) is 0. The topological polar surface area (TPSA) is 81.5 Å². The Balaban J connectivity index is 1.84. The summed E-state index contributed by atoms with van der Waals surface area (Å²) < 4.78 is 5.12. The first-order valence-corrected chi connectivity index (χ1v) is 7.29. The Bertz CT molecular complexity index is 818. The predicted octanol–water partition coefficient (Wildman–Crippen LogP) is 2.33. The number of nitro groups is 1. The molecule has 1 aliphatic carbocycles. The van der Waals surface area contributed by atoms with Gasteiger partial charge in [0.2, 0.25) is 11.9 Å². The van der Waals surface area contributed by atoms with Crippen molar-refractivity contribution in [3.8, 4) is 5.75 Å². The maximum atomic E-state index is 12.6. The Morgan fingerprint density at radius 2 is 1.87 bits per heavy atom. The third-order valence-electron chi connectivity index (χ3n) is 4.86. The van der Waals surface area contributed by atoms with Gasteiger partial charge < -0.3 is 10.1 Å². The molecule has 1 N–H and O–H groups in total. The lowest BCUT2D eigenvalue weighted by Gasteiger charge is -2.06. The number of rotatable bonds is 3. The monoisotopic (exact) mass is 310 g/mol. The largest absolute Gasteiger partial charge is 0.497 e. The number of ether oxygens (including phenoxy) is 1. The Kier molecular flexibility index (Phi) is 2.72. The lowest BCUT2D eigenvalue weighted by molar-refractivity contribution is -0.499. The Labute approximate surface area is 132 Å². The number of para-hydroxylation sites is 1. The molecule has 0 radical (unpaired) electrons. The quantitative estimate of drug-likeness (QED) is 0.697. The van der Waals surface area contributed by atoms with Gasteiger partial charge in [-0.05, 0) is 29.3 Å². The van der Waals surface area contributed by atoms with Crippen molar-refractivity contribution in [3.63, 3.8) is 0 Å². The molecule has 0 unspecified atom stereocenters. The molecule has 0 bridgehead atoms. The van der Waals surface area contributed by atoms with Crippen LogP contribution in [0.25, 0.3) is 0 Å². The summed E-state index contributed by atoms with van der Waals surface area (Å²) in [6.07, 6.45) is 0. The second-order valence-corrected chi connectivity index (χ2v) is 5.85. The van der Waals surface area contributed by atoms with Crippen LogP contribution in [0.5, 0.6) is 5.75 Å². The fourth-order valence-corrected chi connectivity index (χ4v) is 3.82. The lowest BCUT2D eigenvalue weighted by Crippen LogP contribution is -2.26. The van der Waals surface area contributed by atoms with Crippen molar-refractivity contribution in [1.82, 2.24) is 0 Å². The van der Waals surface area contributed by atoms with Gasteiger partial charge in [-0.2, -0.15) is 0 Å². The molecule has 23 heavy (non-hydrogen) atoms. The molecule has 6 nitrogen and oxygen atoms in total. The van der Waals surface area contributed by atoms with Crippen LogP contribution in [0.15, 0.2) is 48.5 Å². The van der Waals surface area contributed by atoms with Gasteiger partial charge in [-0.15, -0.1) is 0 Å². The molecular formula is C17H14N2O4. The number of carbonyl (C=O) groups is 1. The van der Waals surface area contributed by atoms with Crippen molar-refractivity contribution in [2.45, 2.75) is 17.4 Å². The van der Waals surface area contributed by atoms with Crippen molar-refractivity contribution >= 4 is 11.6 Å². The van der Waals surface area contributed by atoms with E-state index in [1.807, 2.05) is 6.07 Å². The number of hydrogen-bond donors (Lipinski definition) is 1. The SMILES string of the molecule is COc1ccc([C@H]2[C@H]([N+](=O)[O-])[C@]23C(=O)Nc2ccccc23)cc1. The van der Waals surface area contributed by atoms with Crippen LogP contribution in [-0.4, -0.2) is 24.0 Å². The van der Waals surface area contributed by atoms with Crippen molar-refractivity contribution in [3.05, 3.63) is 69.8 Å². The molecular weight excluding hydrogens is 296 g/mol. The van der Waals surface area contributed by atoms with Crippen molar-refractivity contribution in [1.29, 1.82) is 0 Å². The first-order valence-electron chi connectivity index (χ1n) is 7.29. The summed E-state index contributed by atoms with van der Waals surface area (Å²) in [4.78, 5) is 23.8. The van der Waals surface area contributed by atoms with E-state index in [0.717, 1.165) is 5.56 Å². The number of fused-ring (bicyclic) bond motifs is 2. The molecule has 116 valence electrons. The summed E-state index contributed by atoms with van der Waals surface area (Å²) >= 11 is 0. The van der Waals surface area contributed by atoms with Gasteiger partial charge in [0, 0.05) is 10.6 Å². The molecule has 0 aromatic heterocycles. The maximum Gasteiger partial charge on any atom is 0.243 e. The van der Waals surface area contributed by atoms with E-state index in [9.17, 15) is 14.9 Å². The van der Waals surface area contributed by atoms with Crippen LogP contribution in [-0.2, 0) is 10.2 Å². The average molecular weight is 310 g/mol. The molecule has 1 heterocycles. The smallest absolute Gasteiger partial charge is 0.243 e. The van der Waals surface area contributed by atoms with Gasteiger partial charge >= 0.3 is 0 Å². The van der Waals surface area contributed by atoms with Gasteiger partial charge in [-0.25, -0.2) is 0 Å². The molecule has 1 spiro atoms. The zero-order chi connectivity index (χ0) is 16.2. The number of benzene rings is 2. The maximum absolute atomic E-state index is 12.6. The van der Waals surface area contributed by atoms with Crippen LogP contribution in [0.2, 0.25) is 0 Å². The second-order valence-electron chi connectivity index (χ2n) is 5.85. The average Bonchev–Trinajstić information content (AvgIpc) is 3.18.